The molecule has 0 aromatic heterocycles. The number of likely N-dealkylation sites (tertiary alicyclic amines) is 1. The number of urea groups is 1. The summed E-state index contributed by atoms with van der Waals surface area (Å²) >= 11 is 0. The van der Waals surface area contributed by atoms with Gasteiger partial charge in [0.2, 0.25) is 17.6 Å². The first-order valence-electron chi connectivity index (χ1n) is 16.1. The van der Waals surface area contributed by atoms with Gasteiger partial charge in [0.1, 0.15) is 12.1 Å². The Bertz CT molecular complexity index is 849. The second-order valence-electron chi connectivity index (χ2n) is 9.60. The molecule has 0 saturated carbocycles. The third-order valence-corrected chi connectivity index (χ3v) is 6.25. The number of nitrogens with zero attached hydrogens (tertiary/aromatic N) is 1. The first-order valence-corrected chi connectivity index (χ1v) is 16.1. The summed E-state index contributed by atoms with van der Waals surface area (Å²) in [6.45, 7) is 20.3. The van der Waals surface area contributed by atoms with Gasteiger partial charge in [-0.2, -0.15) is 0 Å². The van der Waals surface area contributed by atoms with Crippen LogP contribution in [0.15, 0.2) is 12.7 Å². The second-order valence-corrected chi connectivity index (χ2v) is 9.60. The van der Waals surface area contributed by atoms with Crippen molar-refractivity contribution in [3.8, 4) is 12.3 Å². The molecule has 10 heteroatoms. The largest absolute Gasteiger partial charge is 0.346 e. The number of terminal acetylenes is 1. The van der Waals surface area contributed by atoms with Crippen molar-refractivity contribution in [1.29, 1.82) is 0 Å². The monoisotopic (exact) mass is 607 g/mol. The van der Waals surface area contributed by atoms with E-state index in [4.69, 9.17) is 6.42 Å². The van der Waals surface area contributed by atoms with Crippen LogP contribution in [-0.4, -0.2) is 72.7 Å². The number of hydrogen-bond donors (Lipinski definition) is 4. The third kappa shape index (κ3) is 17.4. The summed E-state index contributed by atoms with van der Waals surface area (Å²) in [4.78, 5) is 65.4. The van der Waals surface area contributed by atoms with Crippen LogP contribution in [0.25, 0.3) is 0 Å². The number of carbonyl (C=O) groups is 5. The fraction of sp³-hybridized carbons (Fsp3) is 0.727. The van der Waals surface area contributed by atoms with Gasteiger partial charge in [-0.15, -0.1) is 18.9 Å². The Balaban J connectivity index is -0.00000210. The average Bonchev–Trinajstić information content (AvgIpc) is 3.52. The minimum atomic E-state index is -1.11. The summed E-state index contributed by atoms with van der Waals surface area (Å²) in [7, 11) is 1.48. The molecule has 1 aliphatic rings. The number of nitrogens with one attached hydrogen (secondary N) is 4. The molecule has 1 fully saturated rings. The predicted molar refractivity (Wildman–Crippen MR) is 176 cm³/mol. The Morgan fingerprint density at radius 2 is 1.53 bits per heavy atom. The van der Waals surface area contributed by atoms with E-state index in [2.05, 4.69) is 47.6 Å². The van der Waals surface area contributed by atoms with E-state index in [1.165, 1.54) is 24.4 Å². The topological polar surface area (TPSA) is 137 Å². The highest BCUT2D eigenvalue weighted by Gasteiger charge is 2.41. The molecule has 0 aliphatic carbocycles. The molecular formula is C33H61N5O5. The van der Waals surface area contributed by atoms with Crippen LogP contribution in [0.1, 0.15) is 113 Å². The minimum Gasteiger partial charge on any atom is -0.346 e. The number of Topliss-reactive ketones (excluding diaryl/α,β-unsaturated/α-hetero) is 1. The van der Waals surface area contributed by atoms with Crippen LogP contribution >= 0.6 is 0 Å². The SMILES string of the molecule is C#CCCC(NC(=O)C1CCCN1C(=O)C(NC(=O)NC)C(CCC)CCC)C(=O)C(=O)NCC=C.CC.CC.CCC. The van der Waals surface area contributed by atoms with Gasteiger partial charge in [-0.3, -0.25) is 19.2 Å². The first-order chi connectivity index (χ1) is 20.7. The van der Waals surface area contributed by atoms with Crippen molar-refractivity contribution in [2.24, 2.45) is 5.92 Å². The Hall–Kier alpha value is -3.35. The van der Waals surface area contributed by atoms with Crippen LogP contribution in [0.4, 0.5) is 4.79 Å². The minimum absolute atomic E-state index is 0.0763. The molecule has 0 radical (unpaired) electrons. The van der Waals surface area contributed by atoms with Gasteiger partial charge in [-0.25, -0.2) is 4.79 Å². The molecule has 1 aliphatic heterocycles. The van der Waals surface area contributed by atoms with Gasteiger partial charge in [0.15, 0.2) is 0 Å². The highest BCUT2D eigenvalue weighted by atomic mass is 16.2. The molecule has 3 unspecified atom stereocenters. The zero-order chi connectivity index (χ0) is 33.8. The summed E-state index contributed by atoms with van der Waals surface area (Å²) in [5, 5.41) is 10.3. The maximum absolute atomic E-state index is 13.7. The molecule has 0 aromatic rings. The molecule has 0 bridgehead atoms. The molecule has 248 valence electrons. The standard InChI is InChI=1S/C26H41N5O5.C3H8.2C2H6/c1-6-10-14-19(22(32)24(34)28-16-9-4)29-23(33)20-15-11-17-31(20)25(35)21(30-26(36)27-5)18(12-7-2)13-8-3;1-3-2;2*1-2/h1,9,18-21H,4,7-8,10-17H2,2-3,5H3,(H,28,34)(H,29,33)(H2,27,30,36);3H2,1-2H3;2*1-2H3. The Morgan fingerprint density at radius 3 is 2.00 bits per heavy atom. The molecule has 1 heterocycles. The lowest BCUT2D eigenvalue weighted by molar-refractivity contribution is -0.143. The van der Waals surface area contributed by atoms with Gasteiger partial charge >= 0.3 is 6.03 Å². The zero-order valence-corrected chi connectivity index (χ0v) is 28.4. The van der Waals surface area contributed by atoms with Crippen molar-refractivity contribution in [2.45, 2.75) is 131 Å². The Labute approximate surface area is 262 Å². The molecule has 0 aromatic carbocycles. The number of amides is 5. The first kappa shape index (κ1) is 44.1. The van der Waals surface area contributed by atoms with E-state index in [0.29, 0.717) is 19.4 Å². The number of hydrogen-bond acceptors (Lipinski definition) is 5. The normalized spacial score (nSPS) is 14.4. The van der Waals surface area contributed by atoms with E-state index in [0.717, 1.165) is 25.7 Å². The molecule has 0 spiro atoms. The lowest BCUT2D eigenvalue weighted by Gasteiger charge is -2.33. The highest BCUT2D eigenvalue weighted by Crippen LogP contribution is 2.25. The molecular weight excluding hydrogens is 546 g/mol. The fourth-order valence-electron chi connectivity index (χ4n) is 4.47. The average molecular weight is 608 g/mol. The van der Waals surface area contributed by atoms with E-state index in [1.54, 1.807) is 0 Å². The Morgan fingerprint density at radius 1 is 0.977 bits per heavy atom. The summed E-state index contributed by atoms with van der Waals surface area (Å²) in [5.41, 5.74) is 0. The zero-order valence-electron chi connectivity index (χ0n) is 28.4. The van der Waals surface area contributed by atoms with E-state index < -0.39 is 41.8 Å². The van der Waals surface area contributed by atoms with Crippen LogP contribution in [0.3, 0.4) is 0 Å². The highest BCUT2D eigenvalue weighted by molar-refractivity contribution is 6.38. The van der Waals surface area contributed by atoms with Crippen LogP contribution in [0, 0.1) is 18.3 Å². The predicted octanol–water partition coefficient (Wildman–Crippen LogP) is 4.73. The smallest absolute Gasteiger partial charge is 0.315 e. The van der Waals surface area contributed by atoms with Crippen molar-refractivity contribution < 1.29 is 24.0 Å². The van der Waals surface area contributed by atoms with E-state index in [1.807, 2.05) is 41.5 Å². The molecule has 4 N–H and O–H groups in total. The lowest BCUT2D eigenvalue weighted by Crippen LogP contribution is -2.58. The van der Waals surface area contributed by atoms with Crippen LogP contribution in [0.5, 0.6) is 0 Å². The fourth-order valence-corrected chi connectivity index (χ4v) is 4.47. The number of ketones is 1. The van der Waals surface area contributed by atoms with Crippen molar-refractivity contribution in [1.82, 2.24) is 26.2 Å². The van der Waals surface area contributed by atoms with Gasteiger partial charge in [-0.05, 0) is 38.0 Å². The lowest BCUT2D eigenvalue weighted by atomic mass is 9.89. The quantitative estimate of drug-likeness (QED) is 0.121. The molecule has 43 heavy (non-hydrogen) atoms. The maximum atomic E-state index is 13.7. The van der Waals surface area contributed by atoms with Crippen LogP contribution in [0.2, 0.25) is 0 Å². The van der Waals surface area contributed by atoms with Gasteiger partial charge in [0.05, 0.1) is 6.04 Å². The molecule has 10 nitrogen and oxygen atoms in total. The van der Waals surface area contributed by atoms with E-state index in [-0.39, 0.29) is 31.2 Å². The number of carbonyl (C=O) groups excluding carboxylic acids is 5. The van der Waals surface area contributed by atoms with Crippen molar-refractivity contribution >= 4 is 29.5 Å². The summed E-state index contributed by atoms with van der Waals surface area (Å²) in [6, 6.07) is -3.16. The summed E-state index contributed by atoms with van der Waals surface area (Å²) < 4.78 is 0. The van der Waals surface area contributed by atoms with Crippen molar-refractivity contribution in [3.63, 3.8) is 0 Å². The molecule has 1 rings (SSSR count). The molecule has 1 saturated heterocycles. The van der Waals surface area contributed by atoms with E-state index in [9.17, 15) is 24.0 Å². The van der Waals surface area contributed by atoms with Crippen molar-refractivity contribution in [2.75, 3.05) is 20.1 Å². The van der Waals surface area contributed by atoms with Crippen LogP contribution < -0.4 is 21.3 Å². The van der Waals surface area contributed by atoms with Crippen molar-refractivity contribution in [3.05, 3.63) is 12.7 Å². The van der Waals surface area contributed by atoms with Gasteiger partial charge in [0, 0.05) is 26.6 Å². The van der Waals surface area contributed by atoms with Crippen LogP contribution in [-0.2, 0) is 19.2 Å². The van der Waals surface area contributed by atoms with Gasteiger partial charge < -0.3 is 26.2 Å². The second kappa shape index (κ2) is 28.8. The Kier molecular flexibility index (Phi) is 29.5. The summed E-state index contributed by atoms with van der Waals surface area (Å²) in [5.74, 6) is -0.143. The summed E-state index contributed by atoms with van der Waals surface area (Å²) in [6.07, 6.45) is 12.5. The van der Waals surface area contributed by atoms with E-state index >= 15 is 0 Å². The number of rotatable bonds is 15. The van der Waals surface area contributed by atoms with Gasteiger partial charge in [-0.1, -0.05) is 80.7 Å². The molecule has 5 amide bonds. The molecule has 3 atom stereocenters. The third-order valence-electron chi connectivity index (χ3n) is 6.25. The maximum Gasteiger partial charge on any atom is 0.315 e. The van der Waals surface area contributed by atoms with Gasteiger partial charge in [0.25, 0.3) is 5.91 Å².